The molecule has 1 saturated heterocycles. The van der Waals surface area contributed by atoms with Crippen LogP contribution < -0.4 is 0 Å². The quantitative estimate of drug-likeness (QED) is 0.534. The summed E-state index contributed by atoms with van der Waals surface area (Å²) in [5, 5.41) is 9.54. The summed E-state index contributed by atoms with van der Waals surface area (Å²) in [6.45, 7) is 5.16. The Balaban J connectivity index is 2.30. The monoisotopic (exact) mass is 200 g/mol. The molecule has 4 nitrogen and oxygen atoms in total. The molecule has 1 N–H and O–H groups in total. The Morgan fingerprint density at radius 3 is 3.07 bits per heavy atom. The van der Waals surface area contributed by atoms with Crippen LogP contribution in [-0.4, -0.2) is 36.0 Å². The van der Waals surface area contributed by atoms with Crippen LogP contribution in [0.15, 0.2) is 12.7 Å². The van der Waals surface area contributed by atoms with Gasteiger partial charge in [-0.2, -0.15) is 0 Å². The van der Waals surface area contributed by atoms with Crippen molar-refractivity contribution in [1.29, 1.82) is 0 Å². The molecule has 0 amide bonds. The number of ether oxygens (including phenoxy) is 2. The molecule has 3 atom stereocenters. The summed E-state index contributed by atoms with van der Waals surface area (Å²) < 4.78 is 10.3. The van der Waals surface area contributed by atoms with Gasteiger partial charge in [-0.1, -0.05) is 6.08 Å². The number of hydrogen-bond donors (Lipinski definition) is 1. The van der Waals surface area contributed by atoms with Crippen molar-refractivity contribution in [2.75, 3.05) is 6.61 Å². The highest BCUT2D eigenvalue weighted by molar-refractivity contribution is 5.65. The van der Waals surface area contributed by atoms with E-state index in [1.807, 2.05) is 0 Å². The Hall–Kier alpha value is -0.870. The van der Waals surface area contributed by atoms with Crippen molar-refractivity contribution in [3.05, 3.63) is 12.7 Å². The zero-order valence-corrected chi connectivity index (χ0v) is 8.31. The largest absolute Gasteiger partial charge is 0.463 e. The first kappa shape index (κ1) is 11.2. The van der Waals surface area contributed by atoms with Gasteiger partial charge in [0.1, 0.15) is 6.61 Å². The van der Waals surface area contributed by atoms with Crippen molar-refractivity contribution < 1.29 is 19.4 Å². The lowest BCUT2D eigenvalue weighted by molar-refractivity contribution is -0.144. The van der Waals surface area contributed by atoms with E-state index in [2.05, 4.69) is 6.58 Å². The summed E-state index contributed by atoms with van der Waals surface area (Å²) in [6.07, 6.45) is 1.99. The second-order valence-corrected chi connectivity index (χ2v) is 3.43. The smallest absolute Gasteiger partial charge is 0.302 e. The van der Waals surface area contributed by atoms with E-state index in [-0.39, 0.29) is 24.8 Å². The molecule has 1 fully saturated rings. The van der Waals surface area contributed by atoms with E-state index in [1.54, 1.807) is 6.08 Å². The maximum Gasteiger partial charge on any atom is 0.302 e. The molecule has 0 spiro atoms. The van der Waals surface area contributed by atoms with E-state index in [4.69, 9.17) is 9.47 Å². The molecular weight excluding hydrogens is 184 g/mol. The predicted octanol–water partition coefficient (Wildman–Crippen LogP) is 0.644. The van der Waals surface area contributed by atoms with Crippen LogP contribution in [0.1, 0.15) is 19.8 Å². The second-order valence-electron chi connectivity index (χ2n) is 3.43. The molecule has 1 aliphatic heterocycles. The van der Waals surface area contributed by atoms with Gasteiger partial charge in [0.15, 0.2) is 0 Å². The van der Waals surface area contributed by atoms with E-state index in [9.17, 15) is 9.90 Å². The third-order valence-electron chi connectivity index (χ3n) is 2.17. The average molecular weight is 200 g/mol. The summed E-state index contributed by atoms with van der Waals surface area (Å²) in [5.74, 6) is -0.324. The molecular formula is C10H16O4. The standard InChI is InChI=1S/C10H16O4/c1-3-4-10-9(12)5-8(14-10)6-13-7(2)11/h3,8-10,12H,1,4-6H2,2H3/t8-,9+,10+/m0/s1. The fraction of sp³-hybridized carbons (Fsp3) is 0.700. The summed E-state index contributed by atoms with van der Waals surface area (Å²) in [4.78, 5) is 10.5. The van der Waals surface area contributed by atoms with Gasteiger partial charge in [0.05, 0.1) is 18.3 Å². The van der Waals surface area contributed by atoms with E-state index < -0.39 is 6.10 Å². The van der Waals surface area contributed by atoms with E-state index >= 15 is 0 Å². The van der Waals surface area contributed by atoms with Gasteiger partial charge in [0.2, 0.25) is 0 Å². The predicted molar refractivity (Wildman–Crippen MR) is 50.7 cm³/mol. The zero-order chi connectivity index (χ0) is 10.6. The summed E-state index contributed by atoms with van der Waals surface area (Å²) in [5.41, 5.74) is 0. The first-order valence-electron chi connectivity index (χ1n) is 4.71. The minimum absolute atomic E-state index is 0.182. The van der Waals surface area contributed by atoms with Gasteiger partial charge in [0.25, 0.3) is 0 Å². The Morgan fingerprint density at radius 2 is 2.50 bits per heavy atom. The molecule has 1 aliphatic rings. The summed E-state index contributed by atoms with van der Waals surface area (Å²) in [7, 11) is 0. The van der Waals surface area contributed by atoms with Crippen LogP contribution >= 0.6 is 0 Å². The average Bonchev–Trinajstić information content (AvgIpc) is 2.45. The molecule has 0 radical (unpaired) electrons. The molecule has 0 aliphatic carbocycles. The fourth-order valence-corrected chi connectivity index (χ4v) is 1.51. The maximum absolute atomic E-state index is 10.5. The maximum atomic E-state index is 10.5. The van der Waals surface area contributed by atoms with E-state index in [0.717, 1.165) is 0 Å². The molecule has 0 saturated carbocycles. The lowest BCUT2D eigenvalue weighted by Gasteiger charge is -2.12. The van der Waals surface area contributed by atoms with Crippen molar-refractivity contribution >= 4 is 5.97 Å². The number of carbonyl (C=O) groups is 1. The molecule has 0 aromatic heterocycles. The highest BCUT2D eigenvalue weighted by Crippen LogP contribution is 2.23. The molecule has 0 unspecified atom stereocenters. The SMILES string of the molecule is C=CC[C@H]1O[C@H](COC(C)=O)C[C@H]1O. The first-order valence-corrected chi connectivity index (χ1v) is 4.71. The highest BCUT2D eigenvalue weighted by atomic mass is 16.6. The number of esters is 1. The molecule has 4 heteroatoms. The number of aliphatic hydroxyl groups is 1. The molecule has 0 aromatic rings. The van der Waals surface area contributed by atoms with Crippen LogP contribution in [0, 0.1) is 0 Å². The van der Waals surface area contributed by atoms with Crippen molar-refractivity contribution in [2.45, 2.75) is 38.1 Å². The van der Waals surface area contributed by atoms with Crippen molar-refractivity contribution in [3.8, 4) is 0 Å². The number of rotatable bonds is 4. The summed E-state index contributed by atoms with van der Waals surface area (Å²) in [6, 6.07) is 0. The van der Waals surface area contributed by atoms with Crippen LogP contribution in [0.2, 0.25) is 0 Å². The van der Waals surface area contributed by atoms with Gasteiger partial charge >= 0.3 is 5.97 Å². The van der Waals surface area contributed by atoms with Crippen molar-refractivity contribution in [3.63, 3.8) is 0 Å². The van der Waals surface area contributed by atoms with Gasteiger partial charge in [-0.3, -0.25) is 4.79 Å². The molecule has 0 aromatic carbocycles. The molecule has 80 valence electrons. The fourth-order valence-electron chi connectivity index (χ4n) is 1.51. The molecule has 14 heavy (non-hydrogen) atoms. The number of carbonyl (C=O) groups excluding carboxylic acids is 1. The molecule has 1 heterocycles. The second kappa shape index (κ2) is 5.12. The van der Waals surface area contributed by atoms with Crippen LogP contribution in [0.25, 0.3) is 0 Å². The topological polar surface area (TPSA) is 55.8 Å². The van der Waals surface area contributed by atoms with Crippen molar-refractivity contribution in [2.24, 2.45) is 0 Å². The Labute approximate surface area is 83.5 Å². The van der Waals surface area contributed by atoms with Gasteiger partial charge in [0, 0.05) is 13.3 Å². The number of aliphatic hydroxyl groups excluding tert-OH is 1. The third kappa shape index (κ3) is 3.12. The molecule has 0 bridgehead atoms. The van der Waals surface area contributed by atoms with Crippen LogP contribution in [0.3, 0.4) is 0 Å². The molecule has 1 rings (SSSR count). The van der Waals surface area contributed by atoms with Crippen molar-refractivity contribution in [1.82, 2.24) is 0 Å². The van der Waals surface area contributed by atoms with Gasteiger partial charge in [-0.15, -0.1) is 6.58 Å². The van der Waals surface area contributed by atoms with Crippen LogP contribution in [0.4, 0.5) is 0 Å². The van der Waals surface area contributed by atoms with E-state index in [0.29, 0.717) is 12.8 Å². The Bertz CT molecular complexity index is 214. The Kier molecular flexibility index (Phi) is 4.10. The highest BCUT2D eigenvalue weighted by Gasteiger charge is 2.33. The lowest BCUT2D eigenvalue weighted by Crippen LogP contribution is -2.20. The number of hydrogen-bond acceptors (Lipinski definition) is 4. The van der Waals surface area contributed by atoms with Gasteiger partial charge in [-0.05, 0) is 6.42 Å². The van der Waals surface area contributed by atoms with Crippen LogP contribution in [0.5, 0.6) is 0 Å². The van der Waals surface area contributed by atoms with Gasteiger partial charge < -0.3 is 14.6 Å². The summed E-state index contributed by atoms with van der Waals surface area (Å²) >= 11 is 0. The Morgan fingerprint density at radius 1 is 1.79 bits per heavy atom. The van der Waals surface area contributed by atoms with Crippen LogP contribution in [-0.2, 0) is 14.3 Å². The minimum atomic E-state index is -0.478. The normalized spacial score (nSPS) is 31.4. The first-order chi connectivity index (χ1) is 6.63. The lowest BCUT2D eigenvalue weighted by atomic mass is 10.1. The minimum Gasteiger partial charge on any atom is -0.463 e. The zero-order valence-electron chi connectivity index (χ0n) is 8.31. The van der Waals surface area contributed by atoms with E-state index in [1.165, 1.54) is 6.92 Å². The van der Waals surface area contributed by atoms with Gasteiger partial charge in [-0.25, -0.2) is 0 Å². The third-order valence-corrected chi connectivity index (χ3v) is 2.17.